The van der Waals surface area contributed by atoms with E-state index in [9.17, 15) is 9.59 Å². The van der Waals surface area contributed by atoms with E-state index in [1.807, 2.05) is 30.3 Å². The predicted molar refractivity (Wildman–Crippen MR) is 56.2 cm³/mol. The molecule has 1 unspecified atom stereocenters. The van der Waals surface area contributed by atoms with Crippen molar-refractivity contribution >= 4 is 11.9 Å². The average Bonchev–Trinajstić information content (AvgIpc) is 2.29. The molecule has 1 heterocycles. The highest BCUT2D eigenvalue weighted by molar-refractivity contribution is 5.96. The average molecular weight is 220 g/mol. The highest BCUT2D eigenvalue weighted by atomic mass is 16.7. The lowest BCUT2D eigenvalue weighted by atomic mass is 10.0. The minimum atomic E-state index is -0.521. The zero-order valence-corrected chi connectivity index (χ0v) is 8.84. The van der Waals surface area contributed by atoms with Crippen LogP contribution in [0.4, 0.5) is 4.79 Å². The Balaban J connectivity index is 2.30. The summed E-state index contributed by atoms with van der Waals surface area (Å²) in [5.41, 5.74) is 0.882. The van der Waals surface area contributed by atoms with Crippen molar-refractivity contribution in [3.05, 3.63) is 35.9 Å². The number of carbonyl (C=O) groups is 2. The first-order valence-electron chi connectivity index (χ1n) is 4.94. The van der Waals surface area contributed by atoms with E-state index in [1.54, 1.807) is 0 Å². The van der Waals surface area contributed by atoms with Crippen molar-refractivity contribution in [1.29, 1.82) is 0 Å². The van der Waals surface area contributed by atoms with E-state index in [2.05, 4.69) is 5.32 Å². The highest BCUT2D eigenvalue weighted by Gasteiger charge is 2.33. The molecule has 1 aliphatic heterocycles. The van der Waals surface area contributed by atoms with Gasteiger partial charge in [0.1, 0.15) is 0 Å². The third-order valence-corrected chi connectivity index (χ3v) is 2.49. The normalized spacial score (nSPS) is 20.8. The molecule has 0 aliphatic carbocycles. The number of benzene rings is 1. The van der Waals surface area contributed by atoms with Crippen molar-refractivity contribution in [2.45, 2.75) is 12.5 Å². The van der Waals surface area contributed by atoms with Crippen LogP contribution in [-0.4, -0.2) is 24.1 Å². The van der Waals surface area contributed by atoms with Gasteiger partial charge in [0.25, 0.3) is 0 Å². The molecule has 1 N–H and O–H groups in total. The number of carbonyl (C=O) groups excluding carboxylic acids is 2. The fourth-order valence-electron chi connectivity index (χ4n) is 1.76. The van der Waals surface area contributed by atoms with Gasteiger partial charge in [0.05, 0.1) is 19.6 Å². The van der Waals surface area contributed by atoms with Crippen molar-refractivity contribution < 1.29 is 14.4 Å². The molecule has 1 aromatic carbocycles. The molecule has 16 heavy (non-hydrogen) atoms. The molecular weight excluding hydrogens is 208 g/mol. The Morgan fingerprint density at radius 2 is 2.00 bits per heavy atom. The van der Waals surface area contributed by atoms with Crippen LogP contribution in [0.15, 0.2) is 30.3 Å². The van der Waals surface area contributed by atoms with Gasteiger partial charge in [-0.3, -0.25) is 14.9 Å². The number of imide groups is 1. The Morgan fingerprint density at radius 1 is 1.31 bits per heavy atom. The zero-order valence-electron chi connectivity index (χ0n) is 8.84. The maximum Gasteiger partial charge on any atom is 0.348 e. The Labute approximate surface area is 93.0 Å². The van der Waals surface area contributed by atoms with Crippen molar-refractivity contribution in [2.75, 3.05) is 7.11 Å². The minimum absolute atomic E-state index is 0.212. The quantitative estimate of drug-likeness (QED) is 0.815. The van der Waals surface area contributed by atoms with Crippen LogP contribution in [0.3, 0.4) is 0 Å². The topological polar surface area (TPSA) is 58.6 Å². The number of hydroxylamine groups is 2. The molecule has 0 spiro atoms. The summed E-state index contributed by atoms with van der Waals surface area (Å²) in [6.45, 7) is 0. The summed E-state index contributed by atoms with van der Waals surface area (Å²) in [5, 5.41) is 3.38. The first kappa shape index (κ1) is 10.6. The lowest BCUT2D eigenvalue weighted by Gasteiger charge is -2.32. The third kappa shape index (κ3) is 1.90. The smallest absolute Gasteiger partial charge is 0.276 e. The van der Waals surface area contributed by atoms with Gasteiger partial charge >= 0.3 is 6.03 Å². The van der Waals surface area contributed by atoms with Gasteiger partial charge in [-0.05, 0) is 5.56 Å². The van der Waals surface area contributed by atoms with Crippen molar-refractivity contribution in [2.24, 2.45) is 0 Å². The van der Waals surface area contributed by atoms with Gasteiger partial charge in [-0.2, -0.15) is 5.06 Å². The van der Waals surface area contributed by atoms with E-state index >= 15 is 0 Å². The van der Waals surface area contributed by atoms with Gasteiger partial charge in [-0.1, -0.05) is 30.3 Å². The maximum atomic E-state index is 11.5. The number of hydrogen-bond donors (Lipinski definition) is 1. The molecule has 1 aliphatic rings. The molecule has 5 heteroatoms. The first-order chi connectivity index (χ1) is 7.72. The van der Waals surface area contributed by atoms with Crippen molar-refractivity contribution in [3.8, 4) is 0 Å². The third-order valence-electron chi connectivity index (χ3n) is 2.49. The molecule has 2 rings (SSSR count). The number of nitrogens with zero attached hydrogens (tertiary/aromatic N) is 1. The fourth-order valence-corrected chi connectivity index (χ4v) is 1.76. The fraction of sp³-hybridized carbons (Fsp3) is 0.273. The monoisotopic (exact) mass is 220 g/mol. The molecule has 0 radical (unpaired) electrons. The molecule has 0 bridgehead atoms. The molecule has 1 atom stereocenters. The van der Waals surface area contributed by atoms with Crippen LogP contribution < -0.4 is 5.32 Å². The standard InChI is InChI=1S/C11H12N2O3/c1-16-13-9(7-10(14)12-11(13)15)8-5-3-2-4-6-8/h2-6,9H,7H2,1H3,(H,12,14,15). The van der Waals surface area contributed by atoms with E-state index in [4.69, 9.17) is 4.84 Å². The number of rotatable bonds is 2. The van der Waals surface area contributed by atoms with Crippen LogP contribution in [0, 0.1) is 0 Å². The Bertz CT molecular complexity index is 405. The first-order valence-corrected chi connectivity index (χ1v) is 4.94. The van der Waals surface area contributed by atoms with Crippen molar-refractivity contribution in [1.82, 2.24) is 10.4 Å². The number of nitrogens with one attached hydrogen (secondary N) is 1. The molecule has 1 aromatic rings. The molecule has 1 fully saturated rings. The van der Waals surface area contributed by atoms with Crippen LogP contribution in [-0.2, 0) is 9.63 Å². The van der Waals surface area contributed by atoms with Gasteiger partial charge in [0.15, 0.2) is 0 Å². The number of hydrogen-bond acceptors (Lipinski definition) is 3. The summed E-state index contributed by atoms with van der Waals surface area (Å²) >= 11 is 0. The van der Waals surface area contributed by atoms with E-state index in [0.29, 0.717) is 0 Å². The summed E-state index contributed by atoms with van der Waals surface area (Å²) in [4.78, 5) is 27.8. The summed E-state index contributed by atoms with van der Waals surface area (Å²) in [5.74, 6) is -0.285. The van der Waals surface area contributed by atoms with Crippen LogP contribution in [0.2, 0.25) is 0 Å². The number of urea groups is 1. The largest absolute Gasteiger partial charge is 0.348 e. The minimum Gasteiger partial charge on any atom is -0.276 e. The molecular formula is C11H12N2O3. The van der Waals surface area contributed by atoms with E-state index in [-0.39, 0.29) is 18.4 Å². The Kier molecular flexibility index (Phi) is 2.87. The van der Waals surface area contributed by atoms with Crippen LogP contribution in [0.1, 0.15) is 18.0 Å². The van der Waals surface area contributed by atoms with Crippen LogP contribution in [0.25, 0.3) is 0 Å². The predicted octanol–water partition coefficient (Wildman–Crippen LogP) is 1.23. The van der Waals surface area contributed by atoms with Gasteiger partial charge in [-0.15, -0.1) is 0 Å². The lowest BCUT2D eigenvalue weighted by molar-refractivity contribution is -0.147. The molecule has 3 amide bonds. The second-order valence-electron chi connectivity index (χ2n) is 3.49. The summed E-state index contributed by atoms with van der Waals surface area (Å²) in [6.07, 6.45) is 0.212. The van der Waals surface area contributed by atoms with E-state index in [1.165, 1.54) is 12.2 Å². The molecule has 0 saturated carbocycles. The second kappa shape index (κ2) is 4.32. The van der Waals surface area contributed by atoms with Crippen molar-refractivity contribution in [3.63, 3.8) is 0 Å². The summed E-state index contributed by atoms with van der Waals surface area (Å²) in [6, 6.07) is 8.46. The van der Waals surface area contributed by atoms with Crippen LogP contribution >= 0.6 is 0 Å². The SMILES string of the molecule is CON1C(=O)NC(=O)CC1c1ccccc1. The molecule has 0 aromatic heterocycles. The Morgan fingerprint density at radius 3 is 2.62 bits per heavy atom. The summed E-state index contributed by atoms with van der Waals surface area (Å²) in [7, 11) is 1.41. The summed E-state index contributed by atoms with van der Waals surface area (Å²) < 4.78 is 0. The van der Waals surface area contributed by atoms with Crippen LogP contribution in [0.5, 0.6) is 0 Å². The lowest BCUT2D eigenvalue weighted by Crippen LogP contribution is -2.50. The number of amides is 3. The highest BCUT2D eigenvalue weighted by Crippen LogP contribution is 2.26. The van der Waals surface area contributed by atoms with Gasteiger partial charge in [-0.25, -0.2) is 4.79 Å². The molecule has 5 nitrogen and oxygen atoms in total. The molecule has 1 saturated heterocycles. The van der Waals surface area contributed by atoms with Gasteiger partial charge in [0, 0.05) is 0 Å². The molecule has 84 valence electrons. The second-order valence-corrected chi connectivity index (χ2v) is 3.49. The van der Waals surface area contributed by atoms with Gasteiger partial charge < -0.3 is 0 Å². The van der Waals surface area contributed by atoms with Gasteiger partial charge in [0.2, 0.25) is 5.91 Å². The zero-order chi connectivity index (χ0) is 11.5. The van der Waals surface area contributed by atoms with E-state index in [0.717, 1.165) is 5.56 Å². The van der Waals surface area contributed by atoms with E-state index < -0.39 is 6.03 Å². The Hall–Kier alpha value is -1.88. The maximum absolute atomic E-state index is 11.5.